The number of rotatable bonds is 4. The van der Waals surface area contributed by atoms with Gasteiger partial charge in [0.25, 0.3) is 5.91 Å². The highest BCUT2D eigenvalue weighted by atomic mass is 19.1. The third-order valence-electron chi connectivity index (χ3n) is 2.97. The average Bonchev–Trinajstić information content (AvgIpc) is 2.45. The van der Waals surface area contributed by atoms with Gasteiger partial charge in [0.05, 0.1) is 5.56 Å². The Morgan fingerprint density at radius 3 is 2.55 bits per heavy atom. The number of hydrogen-bond acceptors (Lipinski definition) is 3. The van der Waals surface area contributed by atoms with Crippen LogP contribution < -0.4 is 11.1 Å². The summed E-state index contributed by atoms with van der Waals surface area (Å²) in [5.41, 5.74) is 7.33. The summed E-state index contributed by atoms with van der Waals surface area (Å²) in [5, 5.41) is 11.7. The van der Waals surface area contributed by atoms with E-state index in [1.165, 1.54) is 12.1 Å². The average molecular weight is 274 g/mol. The van der Waals surface area contributed by atoms with Gasteiger partial charge in [-0.2, -0.15) is 0 Å². The molecule has 0 bridgehead atoms. The van der Waals surface area contributed by atoms with E-state index in [2.05, 4.69) is 5.32 Å². The molecule has 0 aliphatic rings. The van der Waals surface area contributed by atoms with Gasteiger partial charge in [-0.1, -0.05) is 24.3 Å². The molecule has 0 fully saturated rings. The number of carbonyl (C=O) groups is 1. The van der Waals surface area contributed by atoms with E-state index >= 15 is 0 Å². The Labute approximate surface area is 116 Å². The highest BCUT2D eigenvalue weighted by molar-refractivity contribution is 5.94. The predicted octanol–water partition coefficient (Wildman–Crippen LogP) is 1.92. The lowest BCUT2D eigenvalue weighted by Crippen LogP contribution is -2.24. The van der Waals surface area contributed by atoms with E-state index < -0.39 is 11.7 Å². The van der Waals surface area contributed by atoms with Crippen LogP contribution >= 0.6 is 0 Å². The molecule has 0 aliphatic heterocycles. The van der Waals surface area contributed by atoms with Crippen LogP contribution in [-0.2, 0) is 13.1 Å². The van der Waals surface area contributed by atoms with Gasteiger partial charge in [-0.05, 0) is 23.3 Å². The van der Waals surface area contributed by atoms with E-state index in [0.717, 1.165) is 17.2 Å². The number of nitrogens with two attached hydrogens (primary N) is 1. The molecule has 2 aromatic carbocycles. The molecule has 20 heavy (non-hydrogen) atoms. The summed E-state index contributed by atoms with van der Waals surface area (Å²) in [7, 11) is 0. The minimum Gasteiger partial charge on any atom is -0.508 e. The van der Waals surface area contributed by atoms with Crippen molar-refractivity contribution in [3.63, 3.8) is 0 Å². The Morgan fingerprint density at radius 1 is 1.20 bits per heavy atom. The third-order valence-corrected chi connectivity index (χ3v) is 2.97. The zero-order valence-electron chi connectivity index (χ0n) is 10.8. The number of carbonyl (C=O) groups excluding carboxylic acids is 1. The highest BCUT2D eigenvalue weighted by Crippen LogP contribution is 2.15. The summed E-state index contributed by atoms with van der Waals surface area (Å²) in [6.45, 7) is 0.645. The topological polar surface area (TPSA) is 75.3 Å². The standard InChI is InChI=1S/C15H15FN2O2/c16-14-7-12(19)5-6-13(14)15(20)18-9-11-4-2-1-3-10(11)8-17/h1-7,19H,8-9,17H2,(H,18,20). The number of benzene rings is 2. The third kappa shape index (κ3) is 3.13. The second-order valence-corrected chi connectivity index (χ2v) is 4.32. The van der Waals surface area contributed by atoms with Crippen molar-refractivity contribution in [1.82, 2.24) is 5.32 Å². The van der Waals surface area contributed by atoms with Gasteiger partial charge in [-0.25, -0.2) is 4.39 Å². The molecule has 104 valence electrons. The number of aromatic hydroxyl groups is 1. The van der Waals surface area contributed by atoms with Crippen LogP contribution in [0.3, 0.4) is 0 Å². The van der Waals surface area contributed by atoms with E-state index in [1.807, 2.05) is 24.3 Å². The molecule has 0 unspecified atom stereocenters. The van der Waals surface area contributed by atoms with Crippen LogP contribution in [-0.4, -0.2) is 11.0 Å². The van der Waals surface area contributed by atoms with Crippen LogP contribution in [0, 0.1) is 5.82 Å². The van der Waals surface area contributed by atoms with Crippen molar-refractivity contribution in [3.8, 4) is 5.75 Å². The smallest absolute Gasteiger partial charge is 0.254 e. The molecule has 4 N–H and O–H groups in total. The Kier molecular flexibility index (Phi) is 4.32. The van der Waals surface area contributed by atoms with Crippen molar-refractivity contribution in [3.05, 3.63) is 65.0 Å². The molecule has 5 heteroatoms. The lowest BCUT2D eigenvalue weighted by Gasteiger charge is -2.09. The number of hydrogen-bond donors (Lipinski definition) is 3. The van der Waals surface area contributed by atoms with Crippen molar-refractivity contribution >= 4 is 5.91 Å². The first-order valence-electron chi connectivity index (χ1n) is 6.15. The zero-order valence-corrected chi connectivity index (χ0v) is 10.8. The summed E-state index contributed by atoms with van der Waals surface area (Å²) < 4.78 is 13.5. The lowest BCUT2D eigenvalue weighted by atomic mass is 10.1. The van der Waals surface area contributed by atoms with Crippen LogP contribution in [0.2, 0.25) is 0 Å². The number of nitrogens with one attached hydrogen (secondary N) is 1. The van der Waals surface area contributed by atoms with Gasteiger partial charge in [0.2, 0.25) is 0 Å². The molecule has 1 amide bonds. The van der Waals surface area contributed by atoms with Crippen molar-refractivity contribution in [2.45, 2.75) is 13.1 Å². The van der Waals surface area contributed by atoms with E-state index in [4.69, 9.17) is 10.8 Å². The summed E-state index contributed by atoms with van der Waals surface area (Å²) in [6.07, 6.45) is 0. The lowest BCUT2D eigenvalue weighted by molar-refractivity contribution is 0.0947. The first-order chi connectivity index (χ1) is 9.61. The molecule has 0 aliphatic carbocycles. The predicted molar refractivity (Wildman–Crippen MR) is 73.6 cm³/mol. The second kappa shape index (κ2) is 6.16. The number of amides is 1. The van der Waals surface area contributed by atoms with Gasteiger partial charge in [-0.3, -0.25) is 4.79 Å². The summed E-state index contributed by atoms with van der Waals surface area (Å²) in [4.78, 5) is 11.9. The molecule has 2 aromatic rings. The van der Waals surface area contributed by atoms with Crippen LogP contribution in [0.4, 0.5) is 4.39 Å². The highest BCUT2D eigenvalue weighted by Gasteiger charge is 2.12. The molecule has 2 rings (SSSR count). The maximum absolute atomic E-state index is 13.5. The quantitative estimate of drug-likeness (QED) is 0.797. The van der Waals surface area contributed by atoms with E-state index in [-0.39, 0.29) is 17.9 Å². The minimum absolute atomic E-state index is 0.104. The van der Waals surface area contributed by atoms with Crippen LogP contribution in [0.1, 0.15) is 21.5 Å². The summed E-state index contributed by atoms with van der Waals surface area (Å²) >= 11 is 0. The maximum Gasteiger partial charge on any atom is 0.254 e. The molecular formula is C15H15FN2O2. The fourth-order valence-corrected chi connectivity index (χ4v) is 1.89. The Bertz CT molecular complexity index is 629. The molecule has 4 nitrogen and oxygen atoms in total. The molecule has 0 heterocycles. The largest absolute Gasteiger partial charge is 0.508 e. The van der Waals surface area contributed by atoms with Gasteiger partial charge in [0, 0.05) is 19.2 Å². The molecule has 0 radical (unpaired) electrons. The molecular weight excluding hydrogens is 259 g/mol. The van der Waals surface area contributed by atoms with Gasteiger partial charge in [-0.15, -0.1) is 0 Å². The molecule has 0 atom stereocenters. The second-order valence-electron chi connectivity index (χ2n) is 4.32. The van der Waals surface area contributed by atoms with Gasteiger partial charge < -0.3 is 16.2 Å². The van der Waals surface area contributed by atoms with Crippen molar-refractivity contribution in [1.29, 1.82) is 0 Å². The van der Waals surface area contributed by atoms with Crippen molar-refractivity contribution in [2.75, 3.05) is 0 Å². The first-order valence-corrected chi connectivity index (χ1v) is 6.15. The van der Waals surface area contributed by atoms with Crippen LogP contribution in [0.25, 0.3) is 0 Å². The van der Waals surface area contributed by atoms with Crippen LogP contribution in [0.15, 0.2) is 42.5 Å². The Balaban J connectivity index is 2.09. The number of halogens is 1. The summed E-state index contributed by atoms with van der Waals surface area (Å²) in [6, 6.07) is 10.9. The van der Waals surface area contributed by atoms with Gasteiger partial charge in [0.15, 0.2) is 0 Å². The molecule has 0 saturated carbocycles. The number of phenols is 1. The minimum atomic E-state index is -0.755. The van der Waals surface area contributed by atoms with E-state index in [0.29, 0.717) is 6.54 Å². The molecule has 0 spiro atoms. The Hall–Kier alpha value is -2.40. The number of phenolic OH excluding ortho intramolecular Hbond substituents is 1. The van der Waals surface area contributed by atoms with Gasteiger partial charge in [0.1, 0.15) is 11.6 Å². The van der Waals surface area contributed by atoms with E-state index in [9.17, 15) is 9.18 Å². The van der Waals surface area contributed by atoms with E-state index in [1.54, 1.807) is 0 Å². The van der Waals surface area contributed by atoms with Gasteiger partial charge >= 0.3 is 0 Å². The maximum atomic E-state index is 13.5. The first kappa shape index (κ1) is 14.0. The van der Waals surface area contributed by atoms with Crippen molar-refractivity contribution in [2.24, 2.45) is 5.73 Å². The fraction of sp³-hybridized carbons (Fsp3) is 0.133. The monoisotopic (exact) mass is 274 g/mol. The zero-order chi connectivity index (χ0) is 14.5. The summed E-state index contributed by atoms with van der Waals surface area (Å²) in [5.74, 6) is -1.50. The molecule has 0 aromatic heterocycles. The van der Waals surface area contributed by atoms with Crippen LogP contribution in [0.5, 0.6) is 5.75 Å². The molecule has 0 saturated heterocycles. The Morgan fingerprint density at radius 2 is 1.90 bits per heavy atom. The van der Waals surface area contributed by atoms with Crippen molar-refractivity contribution < 1.29 is 14.3 Å². The SMILES string of the molecule is NCc1ccccc1CNC(=O)c1ccc(O)cc1F. The normalized spacial score (nSPS) is 10.3. The fourth-order valence-electron chi connectivity index (χ4n) is 1.89.